The molecule has 0 atom stereocenters. The minimum absolute atomic E-state index is 0.0560. The lowest BCUT2D eigenvalue weighted by Crippen LogP contribution is -2.54. The Morgan fingerprint density at radius 3 is 1.09 bits per heavy atom. The summed E-state index contributed by atoms with van der Waals surface area (Å²) < 4.78 is 9.85. The van der Waals surface area contributed by atoms with Crippen LogP contribution in [0.2, 0.25) is 0 Å². The van der Waals surface area contributed by atoms with E-state index in [0.717, 1.165) is 22.7 Å². The summed E-state index contributed by atoms with van der Waals surface area (Å²) in [6.07, 6.45) is 0. The molecule has 0 bridgehead atoms. The zero-order valence-electron chi connectivity index (χ0n) is 41.5. The van der Waals surface area contributed by atoms with Crippen LogP contribution >= 0.6 is 0 Å². The Hall–Kier alpha value is -9.32. The molecule has 74 heavy (non-hydrogen) atoms. The van der Waals surface area contributed by atoms with E-state index >= 15 is 0 Å². The van der Waals surface area contributed by atoms with Crippen molar-refractivity contribution in [1.82, 2.24) is 18.3 Å². The SMILES string of the molecule is Cc1cc(C)c(B(c2cccc(-n3c4ccccc4c4cc5c6ccccc6n(-c6ccccc6)c5cc43)c2)c2cccc(-n3c4ccccc4c4c5c6ccccc6n(-c6ccccc6)c5ccc43)c2)c(C)c1. The van der Waals surface area contributed by atoms with Crippen LogP contribution in [-0.2, 0) is 0 Å². The molecule has 4 aromatic heterocycles. The van der Waals surface area contributed by atoms with Crippen molar-refractivity contribution in [2.75, 3.05) is 0 Å². The molecule has 11 aromatic carbocycles. The number of nitrogens with zero attached hydrogens (tertiary/aromatic N) is 4. The normalized spacial score (nSPS) is 12.0. The fourth-order valence-corrected chi connectivity index (χ4v) is 13.1. The van der Waals surface area contributed by atoms with Crippen LogP contribution in [0.3, 0.4) is 0 Å². The van der Waals surface area contributed by atoms with Gasteiger partial charge in [-0.3, -0.25) is 0 Å². The van der Waals surface area contributed by atoms with Crippen LogP contribution in [0.4, 0.5) is 0 Å². The van der Waals surface area contributed by atoms with Crippen molar-refractivity contribution in [1.29, 1.82) is 0 Å². The van der Waals surface area contributed by atoms with Crippen molar-refractivity contribution in [3.63, 3.8) is 0 Å². The molecule has 5 heteroatoms. The Labute approximate surface area is 429 Å². The second kappa shape index (κ2) is 16.4. The van der Waals surface area contributed by atoms with Crippen molar-refractivity contribution < 1.29 is 0 Å². The Morgan fingerprint density at radius 2 is 0.622 bits per heavy atom. The molecule has 15 aromatic rings. The van der Waals surface area contributed by atoms with Gasteiger partial charge in [-0.2, -0.15) is 0 Å². The largest absolute Gasteiger partial charge is 0.309 e. The van der Waals surface area contributed by atoms with E-state index < -0.39 is 0 Å². The Balaban J connectivity index is 0.952. The minimum atomic E-state index is -0.0560. The number of benzene rings is 11. The number of rotatable bonds is 7. The van der Waals surface area contributed by atoms with E-state index in [4.69, 9.17) is 0 Å². The highest BCUT2D eigenvalue weighted by atomic mass is 15.0. The lowest BCUT2D eigenvalue weighted by Gasteiger charge is -2.23. The highest BCUT2D eigenvalue weighted by Gasteiger charge is 2.28. The van der Waals surface area contributed by atoms with Gasteiger partial charge in [-0.1, -0.05) is 179 Å². The Morgan fingerprint density at radius 1 is 0.257 bits per heavy atom. The number of hydrogen-bond acceptors (Lipinski definition) is 0. The quantitative estimate of drug-likeness (QED) is 0.142. The molecular formula is C69H49BN4. The van der Waals surface area contributed by atoms with E-state index in [9.17, 15) is 0 Å². The summed E-state index contributed by atoms with van der Waals surface area (Å²) in [6.45, 7) is 6.75. The molecular weight excluding hydrogens is 896 g/mol. The molecule has 0 unspecified atom stereocenters. The van der Waals surface area contributed by atoms with Gasteiger partial charge in [-0.05, 0) is 118 Å². The molecule has 0 fully saturated rings. The van der Waals surface area contributed by atoms with E-state index in [2.05, 4.69) is 282 Å². The number of para-hydroxylation sites is 6. The van der Waals surface area contributed by atoms with Crippen molar-refractivity contribution in [3.8, 4) is 22.7 Å². The van der Waals surface area contributed by atoms with Gasteiger partial charge in [-0.25, -0.2) is 0 Å². The summed E-state index contributed by atoms with van der Waals surface area (Å²) in [5.41, 5.74) is 21.9. The molecule has 348 valence electrons. The number of aromatic nitrogens is 4. The molecule has 0 saturated carbocycles. The van der Waals surface area contributed by atoms with Gasteiger partial charge in [0.15, 0.2) is 0 Å². The van der Waals surface area contributed by atoms with E-state index in [-0.39, 0.29) is 6.71 Å². The van der Waals surface area contributed by atoms with Crippen molar-refractivity contribution >= 4 is 110 Å². The summed E-state index contributed by atoms with van der Waals surface area (Å²) in [5, 5.41) is 10.1. The number of hydrogen-bond donors (Lipinski definition) is 0. The molecule has 15 rings (SSSR count). The summed E-state index contributed by atoms with van der Waals surface area (Å²) in [5.74, 6) is 0. The van der Waals surface area contributed by atoms with Crippen LogP contribution in [0.15, 0.2) is 243 Å². The topological polar surface area (TPSA) is 19.7 Å². The van der Waals surface area contributed by atoms with E-state index in [1.54, 1.807) is 0 Å². The fraction of sp³-hybridized carbons (Fsp3) is 0.0435. The third kappa shape index (κ3) is 6.23. The standard InChI is InChI=1S/C69H49BN4/c1-44-38-45(2)69(46(3)39-44)70(47-20-18-26-51(40-47)73-62-35-17-13-31-56(62)68-64(73)37-36-63-67(68)55-30-12-16-34-61(55)71(63)49-22-6-4-7-23-49)48-21-19-27-52(41-48)74-60-33-15-11-29-54(60)58-42-57-53-28-10-14-32-59(53)72(65(57)43-66(58)74)50-24-8-5-9-25-50/h4-43H,1-3H3. The molecule has 0 saturated heterocycles. The smallest absolute Gasteiger partial charge is 0.242 e. The van der Waals surface area contributed by atoms with Crippen LogP contribution in [0.1, 0.15) is 16.7 Å². The first-order valence-corrected chi connectivity index (χ1v) is 25.8. The van der Waals surface area contributed by atoms with E-state index in [1.165, 1.54) is 120 Å². The zero-order chi connectivity index (χ0) is 49.2. The molecule has 0 aliphatic heterocycles. The minimum Gasteiger partial charge on any atom is -0.309 e. The predicted molar refractivity (Wildman–Crippen MR) is 316 cm³/mol. The molecule has 0 aliphatic carbocycles. The predicted octanol–water partition coefficient (Wildman–Crippen LogP) is 15.5. The average Bonchev–Trinajstić information content (AvgIpc) is 4.18. The summed E-state index contributed by atoms with van der Waals surface area (Å²) in [6, 6.07) is 90.1. The first kappa shape index (κ1) is 42.4. The van der Waals surface area contributed by atoms with Gasteiger partial charge in [0.25, 0.3) is 0 Å². The Kier molecular flexibility index (Phi) is 9.37. The first-order chi connectivity index (χ1) is 36.5. The molecule has 4 nitrogen and oxygen atoms in total. The lowest BCUT2D eigenvalue weighted by molar-refractivity contribution is 1.17. The van der Waals surface area contributed by atoms with Crippen molar-refractivity contribution in [2.24, 2.45) is 0 Å². The zero-order valence-corrected chi connectivity index (χ0v) is 41.5. The van der Waals surface area contributed by atoms with E-state index in [1.807, 2.05) is 0 Å². The number of aryl methyl sites for hydroxylation is 3. The van der Waals surface area contributed by atoms with Crippen molar-refractivity contribution in [2.45, 2.75) is 20.8 Å². The van der Waals surface area contributed by atoms with Crippen molar-refractivity contribution in [3.05, 3.63) is 259 Å². The van der Waals surface area contributed by atoms with Gasteiger partial charge in [0, 0.05) is 65.8 Å². The van der Waals surface area contributed by atoms with Gasteiger partial charge in [0.2, 0.25) is 6.71 Å². The summed E-state index contributed by atoms with van der Waals surface area (Å²) in [4.78, 5) is 0. The van der Waals surface area contributed by atoms with Crippen LogP contribution < -0.4 is 16.4 Å². The molecule has 0 radical (unpaired) electrons. The molecule has 4 heterocycles. The second-order valence-electron chi connectivity index (χ2n) is 20.3. The van der Waals surface area contributed by atoms with Crippen LogP contribution in [-0.4, -0.2) is 25.0 Å². The average molecular weight is 945 g/mol. The summed E-state index contributed by atoms with van der Waals surface area (Å²) >= 11 is 0. The van der Waals surface area contributed by atoms with Gasteiger partial charge in [0.1, 0.15) is 0 Å². The van der Waals surface area contributed by atoms with Crippen LogP contribution in [0.5, 0.6) is 0 Å². The molecule has 0 amide bonds. The maximum atomic E-state index is 2.50. The van der Waals surface area contributed by atoms with Gasteiger partial charge < -0.3 is 18.3 Å². The van der Waals surface area contributed by atoms with Crippen LogP contribution in [0, 0.1) is 20.8 Å². The number of fused-ring (bicyclic) bond motifs is 13. The maximum Gasteiger partial charge on any atom is 0.242 e. The highest BCUT2D eigenvalue weighted by molar-refractivity contribution is 6.96. The maximum absolute atomic E-state index is 2.50. The van der Waals surface area contributed by atoms with E-state index in [0.29, 0.717) is 0 Å². The monoisotopic (exact) mass is 944 g/mol. The second-order valence-corrected chi connectivity index (χ2v) is 20.3. The molecule has 0 aliphatic rings. The first-order valence-electron chi connectivity index (χ1n) is 25.8. The Bertz CT molecular complexity index is 4740. The lowest BCUT2D eigenvalue weighted by atomic mass is 9.35. The summed E-state index contributed by atoms with van der Waals surface area (Å²) in [7, 11) is 0. The van der Waals surface area contributed by atoms with Crippen LogP contribution in [0.25, 0.3) is 110 Å². The molecule has 0 N–H and O–H groups in total. The third-order valence-corrected chi connectivity index (χ3v) is 15.9. The fourth-order valence-electron chi connectivity index (χ4n) is 13.1. The van der Waals surface area contributed by atoms with Gasteiger partial charge in [-0.15, -0.1) is 0 Å². The highest BCUT2D eigenvalue weighted by Crippen LogP contribution is 2.43. The van der Waals surface area contributed by atoms with Gasteiger partial charge >= 0.3 is 0 Å². The van der Waals surface area contributed by atoms with Gasteiger partial charge in [0.05, 0.1) is 44.1 Å². The third-order valence-electron chi connectivity index (χ3n) is 15.9. The molecule has 0 spiro atoms.